The zero-order valence-electron chi connectivity index (χ0n) is 11.4. The van der Waals surface area contributed by atoms with Gasteiger partial charge < -0.3 is 15.2 Å². The van der Waals surface area contributed by atoms with Gasteiger partial charge in [0.2, 0.25) is 0 Å². The van der Waals surface area contributed by atoms with Gasteiger partial charge in [0.05, 0.1) is 0 Å². The summed E-state index contributed by atoms with van der Waals surface area (Å²) >= 11 is 3.39. The van der Waals surface area contributed by atoms with Gasteiger partial charge in [-0.15, -0.1) is 0 Å². The quantitative estimate of drug-likeness (QED) is 0.813. The van der Waals surface area contributed by atoms with Gasteiger partial charge in [-0.1, -0.05) is 28.1 Å². The molecular formula is C16H18BrNO2. The lowest BCUT2D eigenvalue weighted by molar-refractivity contribution is 0.217. The van der Waals surface area contributed by atoms with E-state index in [1.54, 1.807) is 0 Å². The molecule has 0 aliphatic carbocycles. The second-order valence-electron chi connectivity index (χ2n) is 4.51. The third kappa shape index (κ3) is 4.54. The predicted molar refractivity (Wildman–Crippen MR) is 84.2 cm³/mol. The molecule has 0 bridgehead atoms. The van der Waals surface area contributed by atoms with Crippen molar-refractivity contribution in [3.8, 4) is 11.5 Å². The summed E-state index contributed by atoms with van der Waals surface area (Å²) in [6, 6.07) is 15.6. The minimum Gasteiger partial charge on any atom is -0.490 e. The Kier molecular flexibility index (Phi) is 5.44. The fourth-order valence-corrected chi connectivity index (χ4v) is 2.00. The molecule has 0 radical (unpaired) electrons. The molecule has 4 heteroatoms. The number of hydrogen-bond donors (Lipinski definition) is 1. The highest BCUT2D eigenvalue weighted by Gasteiger charge is 2.01. The number of hydrogen-bond acceptors (Lipinski definition) is 3. The zero-order chi connectivity index (χ0) is 14.4. The number of benzene rings is 2. The van der Waals surface area contributed by atoms with Crippen LogP contribution in [0.25, 0.3) is 0 Å². The molecule has 0 unspecified atom stereocenters. The fourth-order valence-electron chi connectivity index (χ4n) is 1.74. The van der Waals surface area contributed by atoms with E-state index in [1.165, 1.54) is 0 Å². The molecule has 2 aromatic carbocycles. The highest BCUT2D eigenvalue weighted by molar-refractivity contribution is 9.10. The molecule has 1 atom stereocenters. The summed E-state index contributed by atoms with van der Waals surface area (Å²) in [5.41, 5.74) is 6.91. The van der Waals surface area contributed by atoms with Gasteiger partial charge in [-0.3, -0.25) is 0 Å². The molecule has 106 valence electrons. The smallest absolute Gasteiger partial charge is 0.122 e. The van der Waals surface area contributed by atoms with Gasteiger partial charge in [-0.2, -0.15) is 0 Å². The average molecular weight is 336 g/mol. The van der Waals surface area contributed by atoms with Crippen LogP contribution in [0.4, 0.5) is 0 Å². The first kappa shape index (κ1) is 14.9. The summed E-state index contributed by atoms with van der Waals surface area (Å²) in [6.07, 6.45) is 0. The van der Waals surface area contributed by atoms with E-state index >= 15 is 0 Å². The van der Waals surface area contributed by atoms with Crippen molar-refractivity contribution in [2.24, 2.45) is 5.73 Å². The van der Waals surface area contributed by atoms with Gasteiger partial charge in [-0.25, -0.2) is 0 Å². The second kappa shape index (κ2) is 7.31. The van der Waals surface area contributed by atoms with E-state index in [1.807, 2.05) is 55.5 Å². The first-order valence-corrected chi connectivity index (χ1v) is 7.31. The Balaban J connectivity index is 1.78. The molecule has 20 heavy (non-hydrogen) atoms. The van der Waals surface area contributed by atoms with Crippen molar-refractivity contribution >= 4 is 15.9 Å². The Morgan fingerprint density at radius 3 is 2.30 bits per heavy atom. The lowest BCUT2D eigenvalue weighted by Gasteiger charge is -2.11. The van der Waals surface area contributed by atoms with Crippen LogP contribution in [0, 0.1) is 0 Å². The third-order valence-corrected chi connectivity index (χ3v) is 3.35. The van der Waals surface area contributed by atoms with E-state index in [4.69, 9.17) is 15.2 Å². The second-order valence-corrected chi connectivity index (χ2v) is 5.43. The van der Waals surface area contributed by atoms with Crippen molar-refractivity contribution in [2.75, 3.05) is 13.2 Å². The first-order valence-electron chi connectivity index (χ1n) is 6.52. The molecule has 0 aliphatic heterocycles. The molecular weight excluding hydrogens is 318 g/mol. The van der Waals surface area contributed by atoms with Gasteiger partial charge in [0, 0.05) is 10.5 Å². The van der Waals surface area contributed by atoms with Crippen LogP contribution in [0.1, 0.15) is 18.5 Å². The van der Waals surface area contributed by atoms with E-state index < -0.39 is 0 Å². The van der Waals surface area contributed by atoms with Crippen molar-refractivity contribution in [3.63, 3.8) is 0 Å². The summed E-state index contributed by atoms with van der Waals surface area (Å²) in [7, 11) is 0. The molecule has 0 aromatic heterocycles. The zero-order valence-corrected chi connectivity index (χ0v) is 13.0. The van der Waals surface area contributed by atoms with Crippen molar-refractivity contribution < 1.29 is 9.47 Å². The fraction of sp³-hybridized carbons (Fsp3) is 0.250. The maximum atomic E-state index is 5.84. The summed E-state index contributed by atoms with van der Waals surface area (Å²) in [5, 5.41) is 0. The molecule has 0 fully saturated rings. The predicted octanol–water partition coefficient (Wildman–Crippen LogP) is 3.93. The molecule has 2 rings (SSSR count). The van der Waals surface area contributed by atoms with Crippen LogP contribution in [-0.4, -0.2) is 13.2 Å². The van der Waals surface area contributed by atoms with Crippen LogP contribution in [0.2, 0.25) is 0 Å². The summed E-state index contributed by atoms with van der Waals surface area (Å²) in [6.45, 7) is 2.96. The third-order valence-electron chi connectivity index (χ3n) is 2.82. The van der Waals surface area contributed by atoms with Crippen molar-refractivity contribution in [2.45, 2.75) is 13.0 Å². The molecule has 3 nitrogen and oxygen atoms in total. The van der Waals surface area contributed by atoms with E-state index in [-0.39, 0.29) is 6.04 Å². The number of rotatable bonds is 6. The van der Waals surface area contributed by atoms with Crippen LogP contribution in [-0.2, 0) is 0 Å². The van der Waals surface area contributed by atoms with E-state index in [2.05, 4.69) is 15.9 Å². The standard InChI is InChI=1S/C16H18BrNO2/c1-12(18)13-3-2-4-16(11-13)20-10-9-19-15-7-5-14(17)6-8-15/h2-8,11-12H,9-10,18H2,1H3/t12-/m1/s1. The normalized spacial score (nSPS) is 11.9. The lowest BCUT2D eigenvalue weighted by atomic mass is 10.1. The highest BCUT2D eigenvalue weighted by Crippen LogP contribution is 2.18. The van der Waals surface area contributed by atoms with Gasteiger partial charge in [0.25, 0.3) is 0 Å². The van der Waals surface area contributed by atoms with Crippen LogP contribution in [0.5, 0.6) is 11.5 Å². The Labute approximate surface area is 127 Å². The van der Waals surface area contributed by atoms with Crippen LogP contribution >= 0.6 is 15.9 Å². The SMILES string of the molecule is C[C@@H](N)c1cccc(OCCOc2ccc(Br)cc2)c1. The lowest BCUT2D eigenvalue weighted by Crippen LogP contribution is -2.10. The molecule has 2 aromatic rings. The van der Waals surface area contributed by atoms with Gasteiger partial charge in [0.1, 0.15) is 24.7 Å². The Bertz CT molecular complexity index is 540. The van der Waals surface area contributed by atoms with Crippen LogP contribution in [0.15, 0.2) is 53.0 Å². The molecule has 0 spiro atoms. The van der Waals surface area contributed by atoms with Crippen LogP contribution in [0.3, 0.4) is 0 Å². The van der Waals surface area contributed by atoms with Gasteiger partial charge >= 0.3 is 0 Å². The topological polar surface area (TPSA) is 44.5 Å². The summed E-state index contributed by atoms with van der Waals surface area (Å²) < 4.78 is 12.3. The highest BCUT2D eigenvalue weighted by atomic mass is 79.9. The van der Waals surface area contributed by atoms with E-state index in [9.17, 15) is 0 Å². The van der Waals surface area contributed by atoms with E-state index in [0.717, 1.165) is 21.5 Å². The van der Waals surface area contributed by atoms with Crippen molar-refractivity contribution in [1.29, 1.82) is 0 Å². The largest absolute Gasteiger partial charge is 0.490 e. The van der Waals surface area contributed by atoms with Gasteiger partial charge in [-0.05, 0) is 48.9 Å². The van der Waals surface area contributed by atoms with Gasteiger partial charge in [0.15, 0.2) is 0 Å². The minimum atomic E-state index is 0.0116. The molecule has 0 amide bonds. The molecule has 0 saturated heterocycles. The summed E-state index contributed by atoms with van der Waals surface area (Å²) in [4.78, 5) is 0. The molecule has 0 aliphatic rings. The first-order chi connectivity index (χ1) is 9.65. The van der Waals surface area contributed by atoms with Crippen molar-refractivity contribution in [1.82, 2.24) is 0 Å². The summed E-state index contributed by atoms with van der Waals surface area (Å²) in [5.74, 6) is 1.65. The number of ether oxygens (including phenoxy) is 2. The molecule has 0 saturated carbocycles. The Morgan fingerprint density at radius 1 is 1.00 bits per heavy atom. The number of halogens is 1. The molecule has 2 N–H and O–H groups in total. The van der Waals surface area contributed by atoms with Crippen molar-refractivity contribution in [3.05, 3.63) is 58.6 Å². The Morgan fingerprint density at radius 2 is 1.65 bits per heavy atom. The van der Waals surface area contributed by atoms with Crippen LogP contribution < -0.4 is 15.2 Å². The Hall–Kier alpha value is -1.52. The van der Waals surface area contributed by atoms with E-state index in [0.29, 0.717) is 13.2 Å². The monoisotopic (exact) mass is 335 g/mol. The molecule has 0 heterocycles. The number of nitrogens with two attached hydrogens (primary N) is 1. The average Bonchev–Trinajstić information content (AvgIpc) is 2.46. The minimum absolute atomic E-state index is 0.0116. The maximum Gasteiger partial charge on any atom is 0.122 e. The maximum absolute atomic E-state index is 5.84.